The zero-order valence-corrected chi connectivity index (χ0v) is 9.58. The van der Waals surface area contributed by atoms with Gasteiger partial charge in [0.1, 0.15) is 0 Å². The van der Waals surface area contributed by atoms with Crippen molar-refractivity contribution in [3.63, 3.8) is 0 Å². The second-order valence-electron chi connectivity index (χ2n) is 4.72. The van der Waals surface area contributed by atoms with Crippen molar-refractivity contribution < 1.29 is 4.79 Å². The normalized spacial score (nSPS) is 28.2. The van der Waals surface area contributed by atoms with E-state index < -0.39 is 0 Å². The van der Waals surface area contributed by atoms with Crippen LogP contribution in [0.4, 0.5) is 0 Å². The van der Waals surface area contributed by atoms with E-state index in [1.54, 1.807) is 0 Å². The minimum atomic E-state index is -0.0725. The summed E-state index contributed by atoms with van der Waals surface area (Å²) < 4.78 is 0. The quantitative estimate of drug-likeness (QED) is 0.675. The van der Waals surface area contributed by atoms with Crippen molar-refractivity contribution in [1.29, 1.82) is 0 Å². The summed E-state index contributed by atoms with van der Waals surface area (Å²) in [6, 6.07) is -0.0296. The number of hydrogen-bond donors (Lipinski definition) is 1. The van der Waals surface area contributed by atoms with Gasteiger partial charge in [-0.05, 0) is 33.9 Å². The third-order valence-electron chi connectivity index (χ3n) is 3.13. The van der Waals surface area contributed by atoms with Gasteiger partial charge in [0.15, 0.2) is 0 Å². The Morgan fingerprint density at radius 3 is 2.57 bits per heavy atom. The Hall–Kier alpha value is -0.610. The SMILES string of the molecule is CN1CC(C)(C)N(C)C(=O)C1CCN. The Labute approximate surface area is 86.0 Å². The Kier molecular flexibility index (Phi) is 3.17. The lowest BCUT2D eigenvalue weighted by atomic mass is 9.95. The highest BCUT2D eigenvalue weighted by Gasteiger charge is 2.40. The molecule has 0 aromatic rings. The zero-order valence-electron chi connectivity index (χ0n) is 9.58. The number of hydrogen-bond acceptors (Lipinski definition) is 3. The molecule has 1 fully saturated rings. The lowest BCUT2D eigenvalue weighted by molar-refractivity contribution is -0.148. The molecule has 1 rings (SSSR count). The first-order valence-corrected chi connectivity index (χ1v) is 5.08. The third-order valence-corrected chi connectivity index (χ3v) is 3.13. The largest absolute Gasteiger partial charge is 0.338 e. The van der Waals surface area contributed by atoms with Crippen molar-refractivity contribution in [2.24, 2.45) is 5.73 Å². The van der Waals surface area contributed by atoms with Gasteiger partial charge in [0.25, 0.3) is 0 Å². The molecule has 1 aliphatic heterocycles. The van der Waals surface area contributed by atoms with E-state index in [1.807, 2.05) is 19.0 Å². The van der Waals surface area contributed by atoms with E-state index in [0.29, 0.717) is 6.54 Å². The number of amides is 1. The molecule has 0 bridgehead atoms. The molecular formula is C10H21N3O. The standard InChI is InChI=1S/C10H21N3O/c1-10(2)7-12(3)8(5-6-11)9(14)13(10)4/h8H,5-7,11H2,1-4H3. The highest BCUT2D eigenvalue weighted by molar-refractivity contribution is 5.83. The summed E-state index contributed by atoms with van der Waals surface area (Å²) in [6.45, 7) is 5.63. The van der Waals surface area contributed by atoms with Crippen molar-refractivity contribution in [2.45, 2.75) is 31.8 Å². The van der Waals surface area contributed by atoms with Gasteiger partial charge in [0, 0.05) is 19.1 Å². The third kappa shape index (κ3) is 1.91. The van der Waals surface area contributed by atoms with Gasteiger partial charge in [0.2, 0.25) is 5.91 Å². The average Bonchev–Trinajstić information content (AvgIpc) is 2.08. The topological polar surface area (TPSA) is 49.6 Å². The molecule has 0 aromatic carbocycles. The molecule has 1 aliphatic rings. The molecule has 1 saturated heterocycles. The van der Waals surface area contributed by atoms with Gasteiger partial charge in [-0.3, -0.25) is 9.69 Å². The van der Waals surface area contributed by atoms with E-state index in [9.17, 15) is 4.79 Å². The van der Waals surface area contributed by atoms with Crippen molar-refractivity contribution in [2.75, 3.05) is 27.2 Å². The minimum Gasteiger partial charge on any atom is -0.338 e. The maximum atomic E-state index is 12.0. The van der Waals surface area contributed by atoms with Gasteiger partial charge in [-0.1, -0.05) is 0 Å². The monoisotopic (exact) mass is 199 g/mol. The predicted molar refractivity (Wildman–Crippen MR) is 56.9 cm³/mol. The van der Waals surface area contributed by atoms with Crippen molar-refractivity contribution in [3.05, 3.63) is 0 Å². The summed E-state index contributed by atoms with van der Waals surface area (Å²) in [7, 11) is 3.87. The van der Waals surface area contributed by atoms with Gasteiger partial charge < -0.3 is 10.6 Å². The molecule has 0 spiro atoms. The lowest BCUT2D eigenvalue weighted by Gasteiger charge is -2.47. The summed E-state index contributed by atoms with van der Waals surface area (Å²) in [5.74, 6) is 0.189. The van der Waals surface area contributed by atoms with Crippen molar-refractivity contribution >= 4 is 5.91 Å². The van der Waals surface area contributed by atoms with Crippen LogP contribution in [0.2, 0.25) is 0 Å². The maximum absolute atomic E-state index is 12.0. The predicted octanol–water partition coefficient (Wildman–Crippen LogP) is -0.114. The van der Waals surface area contributed by atoms with Crippen LogP contribution in [0.1, 0.15) is 20.3 Å². The molecular weight excluding hydrogens is 178 g/mol. The van der Waals surface area contributed by atoms with Crippen LogP contribution in [0.25, 0.3) is 0 Å². The van der Waals surface area contributed by atoms with Crippen LogP contribution in [-0.4, -0.2) is 54.5 Å². The van der Waals surface area contributed by atoms with Crippen molar-refractivity contribution in [3.8, 4) is 0 Å². The summed E-state index contributed by atoms with van der Waals surface area (Å²) in [4.78, 5) is 15.9. The number of nitrogens with two attached hydrogens (primary N) is 1. The summed E-state index contributed by atoms with van der Waals surface area (Å²) >= 11 is 0. The van der Waals surface area contributed by atoms with E-state index in [0.717, 1.165) is 13.0 Å². The molecule has 1 amide bonds. The van der Waals surface area contributed by atoms with Gasteiger partial charge >= 0.3 is 0 Å². The molecule has 1 atom stereocenters. The first kappa shape index (κ1) is 11.5. The van der Waals surface area contributed by atoms with Crippen LogP contribution in [0.15, 0.2) is 0 Å². The Morgan fingerprint density at radius 1 is 1.50 bits per heavy atom. The second kappa shape index (κ2) is 3.87. The Bertz CT molecular complexity index is 227. The van der Waals surface area contributed by atoms with Crippen LogP contribution in [0, 0.1) is 0 Å². The van der Waals surface area contributed by atoms with Crippen LogP contribution in [-0.2, 0) is 4.79 Å². The molecule has 14 heavy (non-hydrogen) atoms. The fraction of sp³-hybridized carbons (Fsp3) is 0.900. The molecule has 0 aliphatic carbocycles. The van der Waals surface area contributed by atoms with E-state index in [-0.39, 0.29) is 17.5 Å². The van der Waals surface area contributed by atoms with Crippen LogP contribution in [0.3, 0.4) is 0 Å². The van der Waals surface area contributed by atoms with E-state index in [2.05, 4.69) is 18.7 Å². The molecule has 0 saturated carbocycles. The minimum absolute atomic E-state index is 0.0296. The number of carbonyl (C=O) groups excluding carboxylic acids is 1. The molecule has 4 heteroatoms. The number of likely N-dealkylation sites (N-methyl/N-ethyl adjacent to an activating group) is 2. The van der Waals surface area contributed by atoms with Crippen LogP contribution < -0.4 is 5.73 Å². The average molecular weight is 199 g/mol. The van der Waals surface area contributed by atoms with E-state index >= 15 is 0 Å². The highest BCUT2D eigenvalue weighted by atomic mass is 16.2. The Balaban J connectivity index is 2.80. The summed E-state index contributed by atoms with van der Waals surface area (Å²) in [6.07, 6.45) is 0.746. The molecule has 1 unspecified atom stereocenters. The molecule has 0 aromatic heterocycles. The number of rotatable bonds is 2. The molecule has 1 heterocycles. The fourth-order valence-corrected chi connectivity index (χ4v) is 2.04. The van der Waals surface area contributed by atoms with E-state index in [4.69, 9.17) is 5.73 Å². The Morgan fingerprint density at radius 2 is 2.07 bits per heavy atom. The van der Waals surface area contributed by atoms with E-state index in [1.165, 1.54) is 0 Å². The summed E-state index contributed by atoms with van der Waals surface area (Å²) in [5, 5.41) is 0. The lowest BCUT2D eigenvalue weighted by Crippen LogP contribution is -2.64. The number of carbonyl (C=O) groups is 1. The second-order valence-corrected chi connectivity index (χ2v) is 4.72. The molecule has 4 nitrogen and oxygen atoms in total. The number of piperazine rings is 1. The molecule has 2 N–H and O–H groups in total. The van der Waals surface area contributed by atoms with Crippen molar-refractivity contribution in [1.82, 2.24) is 9.80 Å². The smallest absolute Gasteiger partial charge is 0.240 e. The van der Waals surface area contributed by atoms with Gasteiger partial charge in [-0.25, -0.2) is 0 Å². The van der Waals surface area contributed by atoms with Gasteiger partial charge in [-0.15, -0.1) is 0 Å². The maximum Gasteiger partial charge on any atom is 0.240 e. The van der Waals surface area contributed by atoms with Gasteiger partial charge in [-0.2, -0.15) is 0 Å². The fourth-order valence-electron chi connectivity index (χ4n) is 2.04. The first-order chi connectivity index (χ1) is 6.40. The van der Waals surface area contributed by atoms with Crippen LogP contribution >= 0.6 is 0 Å². The zero-order chi connectivity index (χ0) is 10.9. The molecule has 82 valence electrons. The number of nitrogens with zero attached hydrogens (tertiary/aromatic N) is 2. The van der Waals surface area contributed by atoms with Crippen LogP contribution in [0.5, 0.6) is 0 Å². The molecule has 0 radical (unpaired) electrons. The first-order valence-electron chi connectivity index (χ1n) is 5.08. The van der Waals surface area contributed by atoms with Gasteiger partial charge in [0.05, 0.1) is 6.04 Å². The summed E-state index contributed by atoms with van der Waals surface area (Å²) in [5.41, 5.74) is 5.43. The highest BCUT2D eigenvalue weighted by Crippen LogP contribution is 2.23.